The van der Waals surface area contributed by atoms with E-state index >= 15 is 0 Å². The summed E-state index contributed by atoms with van der Waals surface area (Å²) >= 11 is 6.06. The van der Waals surface area contributed by atoms with E-state index < -0.39 is 0 Å². The number of nitrogens with two attached hydrogens (primary N) is 1. The van der Waals surface area contributed by atoms with E-state index in [2.05, 4.69) is 79.1 Å². The SMILES string of the molecule is C=C(c1ccccc1CCc1cccc(C)c1)N(CCCN)Cc1ccc(Cl)cc1. The van der Waals surface area contributed by atoms with Gasteiger partial charge in [-0.05, 0) is 61.6 Å². The molecule has 0 saturated heterocycles. The Labute approximate surface area is 186 Å². The van der Waals surface area contributed by atoms with Crippen molar-refractivity contribution in [1.29, 1.82) is 0 Å². The van der Waals surface area contributed by atoms with Crippen molar-refractivity contribution in [2.45, 2.75) is 32.7 Å². The van der Waals surface area contributed by atoms with E-state index in [1.165, 1.54) is 27.8 Å². The van der Waals surface area contributed by atoms with Gasteiger partial charge in [0.15, 0.2) is 0 Å². The van der Waals surface area contributed by atoms with E-state index in [0.29, 0.717) is 6.54 Å². The van der Waals surface area contributed by atoms with Crippen molar-refractivity contribution in [2.24, 2.45) is 5.73 Å². The van der Waals surface area contributed by atoms with Gasteiger partial charge in [-0.15, -0.1) is 0 Å². The highest BCUT2D eigenvalue weighted by Gasteiger charge is 2.14. The Kier molecular flexibility index (Phi) is 8.12. The Bertz CT molecular complexity index is 963. The van der Waals surface area contributed by atoms with Crippen molar-refractivity contribution in [3.05, 3.63) is 112 Å². The maximum Gasteiger partial charge on any atom is 0.0429 e. The van der Waals surface area contributed by atoms with Gasteiger partial charge in [-0.2, -0.15) is 0 Å². The highest BCUT2D eigenvalue weighted by Crippen LogP contribution is 2.25. The summed E-state index contributed by atoms with van der Waals surface area (Å²) in [5.41, 5.74) is 13.3. The first-order chi connectivity index (χ1) is 14.6. The summed E-state index contributed by atoms with van der Waals surface area (Å²) < 4.78 is 0. The fraction of sp³-hybridized carbons (Fsp3) is 0.259. The largest absolute Gasteiger partial charge is 0.367 e. The number of nitrogens with zero attached hydrogens (tertiary/aromatic N) is 1. The van der Waals surface area contributed by atoms with Crippen LogP contribution in [0.3, 0.4) is 0 Å². The Morgan fingerprint density at radius 1 is 0.933 bits per heavy atom. The zero-order valence-corrected chi connectivity index (χ0v) is 18.5. The Morgan fingerprint density at radius 3 is 2.43 bits per heavy atom. The molecule has 30 heavy (non-hydrogen) atoms. The summed E-state index contributed by atoms with van der Waals surface area (Å²) in [6.07, 6.45) is 2.94. The van der Waals surface area contributed by atoms with Crippen LogP contribution < -0.4 is 5.73 Å². The molecule has 0 saturated carbocycles. The summed E-state index contributed by atoms with van der Waals surface area (Å²) in [7, 11) is 0. The number of halogens is 1. The molecule has 0 atom stereocenters. The van der Waals surface area contributed by atoms with Gasteiger partial charge in [-0.25, -0.2) is 0 Å². The van der Waals surface area contributed by atoms with Gasteiger partial charge in [0.05, 0.1) is 0 Å². The van der Waals surface area contributed by atoms with Crippen LogP contribution in [0.2, 0.25) is 5.02 Å². The van der Waals surface area contributed by atoms with Crippen molar-refractivity contribution in [3.63, 3.8) is 0 Å². The smallest absolute Gasteiger partial charge is 0.0429 e. The molecule has 2 N–H and O–H groups in total. The van der Waals surface area contributed by atoms with Gasteiger partial charge in [-0.3, -0.25) is 0 Å². The van der Waals surface area contributed by atoms with Crippen LogP contribution >= 0.6 is 11.6 Å². The van der Waals surface area contributed by atoms with Crippen molar-refractivity contribution >= 4 is 17.3 Å². The Balaban J connectivity index is 1.78. The highest BCUT2D eigenvalue weighted by molar-refractivity contribution is 6.30. The lowest BCUT2D eigenvalue weighted by atomic mass is 9.97. The highest BCUT2D eigenvalue weighted by atomic mass is 35.5. The number of benzene rings is 3. The van der Waals surface area contributed by atoms with Crippen molar-refractivity contribution in [2.75, 3.05) is 13.1 Å². The van der Waals surface area contributed by atoms with E-state index in [9.17, 15) is 0 Å². The molecule has 3 aromatic carbocycles. The minimum Gasteiger partial charge on any atom is -0.367 e. The molecule has 0 fully saturated rings. The summed E-state index contributed by atoms with van der Waals surface area (Å²) in [5, 5.41) is 0.757. The van der Waals surface area contributed by atoms with Gasteiger partial charge in [0.2, 0.25) is 0 Å². The first-order valence-corrected chi connectivity index (χ1v) is 11.0. The van der Waals surface area contributed by atoms with Crippen LogP contribution in [0.4, 0.5) is 0 Å². The van der Waals surface area contributed by atoms with E-state index in [1.807, 2.05) is 12.1 Å². The standard InChI is InChI=1S/C27H31ClN2/c1-21-7-5-8-23(19-21)11-14-25-9-3-4-10-27(25)22(2)30(18-6-17-29)20-24-12-15-26(28)16-13-24/h3-5,7-10,12-13,15-16,19H,2,6,11,14,17-18,20,29H2,1H3. The zero-order valence-electron chi connectivity index (χ0n) is 17.8. The molecule has 0 heterocycles. The van der Waals surface area contributed by atoms with Crippen LogP contribution in [0, 0.1) is 6.92 Å². The molecule has 0 aliphatic heterocycles. The van der Waals surface area contributed by atoms with Crippen LogP contribution in [-0.2, 0) is 19.4 Å². The molecule has 0 radical (unpaired) electrons. The molecule has 0 amide bonds. The van der Waals surface area contributed by atoms with Gasteiger partial charge in [0.25, 0.3) is 0 Å². The number of rotatable bonds is 10. The average molecular weight is 419 g/mol. The normalized spacial score (nSPS) is 10.8. The van der Waals surface area contributed by atoms with Crippen molar-refractivity contribution in [3.8, 4) is 0 Å². The number of hydrogen-bond acceptors (Lipinski definition) is 2. The first kappa shape index (κ1) is 22.1. The van der Waals surface area contributed by atoms with Gasteiger partial charge in [-0.1, -0.05) is 84.4 Å². The molecule has 3 aromatic rings. The van der Waals surface area contributed by atoms with Gasteiger partial charge in [0, 0.05) is 29.4 Å². The lowest BCUT2D eigenvalue weighted by Crippen LogP contribution is -2.25. The lowest BCUT2D eigenvalue weighted by molar-refractivity contribution is 0.386. The van der Waals surface area contributed by atoms with Gasteiger partial charge < -0.3 is 10.6 Å². The van der Waals surface area contributed by atoms with Gasteiger partial charge >= 0.3 is 0 Å². The number of hydrogen-bond donors (Lipinski definition) is 1. The summed E-state index contributed by atoms with van der Waals surface area (Å²) in [6.45, 7) is 8.96. The monoisotopic (exact) mass is 418 g/mol. The third-order valence-corrected chi connectivity index (χ3v) is 5.65. The van der Waals surface area contributed by atoms with Crippen LogP contribution in [0.15, 0.2) is 79.4 Å². The predicted octanol–water partition coefficient (Wildman–Crippen LogP) is 6.26. The van der Waals surface area contributed by atoms with Crippen LogP contribution in [0.1, 0.15) is 34.2 Å². The maximum atomic E-state index is 6.06. The third kappa shape index (κ3) is 6.22. The molecule has 0 aliphatic carbocycles. The van der Waals surface area contributed by atoms with Crippen LogP contribution in [0.25, 0.3) is 5.70 Å². The second-order valence-corrected chi connectivity index (χ2v) is 8.22. The zero-order chi connectivity index (χ0) is 21.3. The average Bonchev–Trinajstić information content (AvgIpc) is 2.76. The fourth-order valence-corrected chi connectivity index (χ4v) is 3.86. The molecule has 3 rings (SSSR count). The first-order valence-electron chi connectivity index (χ1n) is 10.6. The minimum absolute atomic E-state index is 0.666. The molecule has 0 unspecified atom stereocenters. The van der Waals surface area contributed by atoms with Crippen LogP contribution in [-0.4, -0.2) is 18.0 Å². The molecule has 156 valence electrons. The second kappa shape index (κ2) is 11.0. The summed E-state index contributed by atoms with van der Waals surface area (Å²) in [5.74, 6) is 0. The minimum atomic E-state index is 0.666. The molecule has 2 nitrogen and oxygen atoms in total. The predicted molar refractivity (Wildman–Crippen MR) is 130 cm³/mol. The van der Waals surface area contributed by atoms with Crippen molar-refractivity contribution < 1.29 is 0 Å². The lowest BCUT2D eigenvalue weighted by Gasteiger charge is -2.28. The molecule has 0 bridgehead atoms. The third-order valence-electron chi connectivity index (χ3n) is 5.39. The summed E-state index contributed by atoms with van der Waals surface area (Å²) in [4.78, 5) is 2.33. The van der Waals surface area contributed by atoms with E-state index in [-0.39, 0.29) is 0 Å². The van der Waals surface area contributed by atoms with Gasteiger partial charge in [0.1, 0.15) is 0 Å². The van der Waals surface area contributed by atoms with E-state index in [4.69, 9.17) is 17.3 Å². The molecule has 0 aromatic heterocycles. The fourth-order valence-electron chi connectivity index (χ4n) is 3.74. The quantitative estimate of drug-likeness (QED) is 0.421. The molecule has 0 spiro atoms. The summed E-state index contributed by atoms with van der Waals surface area (Å²) in [6, 6.07) is 25.4. The Morgan fingerprint density at radius 2 is 1.70 bits per heavy atom. The molecule has 0 aliphatic rings. The van der Waals surface area contributed by atoms with E-state index in [1.54, 1.807) is 0 Å². The number of aryl methyl sites for hydroxylation is 3. The molecular weight excluding hydrogens is 388 g/mol. The second-order valence-electron chi connectivity index (χ2n) is 7.78. The molecular formula is C27H31ClN2. The van der Waals surface area contributed by atoms with Crippen molar-refractivity contribution in [1.82, 2.24) is 4.90 Å². The van der Waals surface area contributed by atoms with E-state index in [0.717, 1.165) is 43.1 Å². The maximum absolute atomic E-state index is 6.06. The Hall–Kier alpha value is -2.55. The topological polar surface area (TPSA) is 29.3 Å². The van der Waals surface area contributed by atoms with Crippen LogP contribution in [0.5, 0.6) is 0 Å². The molecule has 3 heteroatoms.